The molecular weight excluding hydrogens is 572 g/mol. The lowest BCUT2D eigenvalue weighted by atomic mass is 10.0. The summed E-state index contributed by atoms with van der Waals surface area (Å²) in [5.74, 6) is -2.04. The van der Waals surface area contributed by atoms with Crippen LogP contribution in [0.25, 0.3) is 11.0 Å². The van der Waals surface area contributed by atoms with E-state index in [2.05, 4.69) is 15.3 Å². The second kappa shape index (κ2) is 11.6. The Balaban J connectivity index is 1.28. The highest BCUT2D eigenvalue weighted by Crippen LogP contribution is 2.42. The minimum Gasteiger partial charge on any atom is -0.478 e. The van der Waals surface area contributed by atoms with Crippen molar-refractivity contribution in [2.45, 2.75) is 24.4 Å². The molecule has 3 aromatic carbocycles. The number of nitrogens with one attached hydrogen (secondary N) is 2. The van der Waals surface area contributed by atoms with Gasteiger partial charge in [0.2, 0.25) is 5.95 Å². The lowest BCUT2D eigenvalue weighted by molar-refractivity contribution is -0.152. The lowest BCUT2D eigenvalue weighted by Gasteiger charge is -2.49. The Morgan fingerprint density at radius 2 is 1.74 bits per heavy atom. The molecule has 0 radical (unpaired) electrons. The van der Waals surface area contributed by atoms with Gasteiger partial charge in [0.05, 0.1) is 16.6 Å². The number of benzene rings is 3. The average molecular weight is 599 g/mol. The number of aromatic nitrogens is 2. The number of carboxylic acid groups (broad SMARTS) is 1. The minimum absolute atomic E-state index is 0.0561. The number of anilines is 1. The Bertz CT molecular complexity index is 1720. The molecule has 1 amide bonds. The fourth-order valence-corrected chi connectivity index (χ4v) is 6.40. The van der Waals surface area contributed by atoms with Crippen LogP contribution >= 0.6 is 11.8 Å². The van der Waals surface area contributed by atoms with Crippen LogP contribution in [0.15, 0.2) is 90.1 Å². The van der Waals surface area contributed by atoms with Gasteiger partial charge in [-0.25, -0.2) is 14.6 Å². The van der Waals surface area contributed by atoms with Crippen LogP contribution in [-0.2, 0) is 23.9 Å². The maximum absolute atomic E-state index is 13.9. The van der Waals surface area contributed by atoms with E-state index < -0.39 is 35.4 Å². The maximum Gasteiger partial charge on any atom is 0.356 e. The number of amides is 1. The van der Waals surface area contributed by atoms with Crippen molar-refractivity contribution in [2.24, 2.45) is 0 Å². The first-order chi connectivity index (χ1) is 20.8. The van der Waals surface area contributed by atoms with Crippen molar-refractivity contribution < 1.29 is 33.8 Å². The fraction of sp³-hybridized carbons (Fsp3) is 0.194. The second-order valence-corrected chi connectivity index (χ2v) is 11.1. The molecule has 1 saturated heterocycles. The number of rotatable bonds is 9. The molecule has 6 rings (SSSR count). The lowest BCUT2D eigenvalue weighted by Crippen LogP contribution is -2.68. The summed E-state index contributed by atoms with van der Waals surface area (Å²) in [5.41, 5.74) is 3.19. The number of aromatic amines is 1. The number of hydrogen-bond acceptors (Lipinski definition) is 9. The summed E-state index contributed by atoms with van der Waals surface area (Å²) in [6.07, 6.45) is -0.734. The minimum atomic E-state index is -1.06. The third kappa shape index (κ3) is 5.56. The monoisotopic (exact) mass is 598 g/mol. The van der Waals surface area contributed by atoms with Gasteiger partial charge in [0.25, 0.3) is 5.91 Å². The van der Waals surface area contributed by atoms with Gasteiger partial charge in [-0.3, -0.25) is 14.5 Å². The van der Waals surface area contributed by atoms with Gasteiger partial charge in [0.15, 0.2) is 6.10 Å². The number of carbonyl (C=O) groups excluding carboxylic acids is 3. The number of fused-ring (bicyclic) bond motifs is 2. The number of imidazole rings is 1. The van der Waals surface area contributed by atoms with Crippen LogP contribution in [0, 0.1) is 0 Å². The van der Waals surface area contributed by atoms with Crippen LogP contribution in [0.5, 0.6) is 0 Å². The van der Waals surface area contributed by atoms with Crippen LogP contribution in [0.1, 0.15) is 34.5 Å². The molecule has 0 bridgehead atoms. The molecule has 3 N–H and O–H groups in total. The van der Waals surface area contributed by atoms with Crippen molar-refractivity contribution in [2.75, 3.05) is 17.7 Å². The molecule has 3 heterocycles. The summed E-state index contributed by atoms with van der Waals surface area (Å²) < 4.78 is 11.3. The molecule has 1 aromatic heterocycles. The SMILES string of the molecule is CC(=O)OCC1=C(C(=O)OC(c2ccccc2)c2ccccc2)N2C(=O)[C@@H](Nc3nc4ccc(C(=O)O)cc4[nH]3)C2SC1. The molecule has 2 atom stereocenters. The Labute approximate surface area is 249 Å². The summed E-state index contributed by atoms with van der Waals surface area (Å²) in [4.78, 5) is 59.3. The predicted molar refractivity (Wildman–Crippen MR) is 158 cm³/mol. The van der Waals surface area contributed by atoms with E-state index in [0.29, 0.717) is 28.3 Å². The van der Waals surface area contributed by atoms with Crippen LogP contribution < -0.4 is 5.32 Å². The number of hydrogen-bond donors (Lipinski definition) is 3. The predicted octanol–water partition coefficient (Wildman–Crippen LogP) is 4.11. The molecule has 1 fully saturated rings. The first-order valence-corrected chi connectivity index (χ1v) is 14.5. The molecule has 12 heteroatoms. The smallest absolute Gasteiger partial charge is 0.356 e. The number of carboxylic acids is 1. The van der Waals surface area contributed by atoms with E-state index >= 15 is 0 Å². The normalized spacial score (nSPS) is 17.8. The van der Waals surface area contributed by atoms with Crippen LogP contribution in [0.2, 0.25) is 0 Å². The molecule has 218 valence electrons. The molecule has 11 nitrogen and oxygen atoms in total. The second-order valence-electron chi connectivity index (χ2n) is 9.99. The topological polar surface area (TPSA) is 151 Å². The van der Waals surface area contributed by atoms with Gasteiger partial charge in [-0.1, -0.05) is 60.7 Å². The van der Waals surface area contributed by atoms with Crippen molar-refractivity contribution in [3.8, 4) is 0 Å². The summed E-state index contributed by atoms with van der Waals surface area (Å²) in [6, 6.07) is 22.4. The fourth-order valence-electron chi connectivity index (χ4n) is 5.08. The third-order valence-corrected chi connectivity index (χ3v) is 8.48. The van der Waals surface area contributed by atoms with E-state index in [4.69, 9.17) is 9.47 Å². The molecular formula is C31H26N4O7S. The van der Waals surface area contributed by atoms with Gasteiger partial charge in [-0.05, 0) is 29.3 Å². The number of esters is 2. The number of carbonyl (C=O) groups is 4. The summed E-state index contributed by atoms with van der Waals surface area (Å²) in [7, 11) is 0. The number of H-pyrrole nitrogens is 1. The Morgan fingerprint density at radius 1 is 1.07 bits per heavy atom. The number of β-lactam (4-membered cyclic amide) rings is 1. The zero-order valence-electron chi connectivity index (χ0n) is 22.9. The van der Waals surface area contributed by atoms with Gasteiger partial charge in [0.1, 0.15) is 23.7 Å². The van der Waals surface area contributed by atoms with E-state index in [-0.39, 0.29) is 23.8 Å². The Morgan fingerprint density at radius 3 is 2.37 bits per heavy atom. The van der Waals surface area contributed by atoms with Crippen LogP contribution in [0.4, 0.5) is 5.95 Å². The first-order valence-electron chi connectivity index (χ1n) is 13.4. The molecule has 1 unspecified atom stereocenters. The molecule has 0 spiro atoms. The van der Waals surface area contributed by atoms with E-state index in [1.807, 2.05) is 60.7 Å². The largest absolute Gasteiger partial charge is 0.478 e. The number of aromatic carboxylic acids is 1. The van der Waals surface area contributed by atoms with Crippen molar-refractivity contribution in [1.82, 2.24) is 14.9 Å². The summed E-state index contributed by atoms with van der Waals surface area (Å²) in [6.45, 7) is 1.12. The third-order valence-electron chi connectivity index (χ3n) is 7.14. The maximum atomic E-state index is 13.9. The van der Waals surface area contributed by atoms with E-state index in [1.54, 1.807) is 6.07 Å². The zero-order valence-corrected chi connectivity index (χ0v) is 23.7. The number of thioether (sulfide) groups is 1. The van der Waals surface area contributed by atoms with Crippen LogP contribution in [-0.4, -0.2) is 67.6 Å². The number of nitrogens with zero attached hydrogens (tertiary/aromatic N) is 2. The van der Waals surface area contributed by atoms with Gasteiger partial charge >= 0.3 is 17.9 Å². The molecule has 4 aromatic rings. The Kier molecular flexibility index (Phi) is 7.59. The highest BCUT2D eigenvalue weighted by atomic mass is 32.2. The van der Waals surface area contributed by atoms with Gasteiger partial charge in [-0.2, -0.15) is 0 Å². The standard InChI is InChI=1S/C31H26N4O7S/c1-17(36)41-15-21-16-43-28-24(34-31-32-22-13-12-20(29(38)39)14-23(22)33-31)27(37)35(28)25(21)30(40)42-26(18-8-4-2-5-9-18)19-10-6-3-7-11-19/h2-14,24,26,28H,15-16H2,1H3,(H,38,39)(H2,32,33,34)/t24-,28?/m1/s1. The van der Waals surface area contributed by atoms with Gasteiger partial charge in [-0.15, -0.1) is 11.8 Å². The zero-order chi connectivity index (χ0) is 30.1. The highest BCUT2D eigenvalue weighted by Gasteiger charge is 2.54. The van der Waals surface area contributed by atoms with Crippen molar-refractivity contribution in [3.63, 3.8) is 0 Å². The molecule has 2 aliphatic rings. The molecule has 2 aliphatic heterocycles. The molecule has 43 heavy (non-hydrogen) atoms. The first kappa shape index (κ1) is 28.0. The molecule has 0 aliphatic carbocycles. The average Bonchev–Trinajstić information content (AvgIpc) is 3.43. The number of ether oxygens (including phenoxy) is 2. The van der Waals surface area contributed by atoms with E-state index in [9.17, 15) is 24.3 Å². The van der Waals surface area contributed by atoms with Crippen molar-refractivity contribution in [3.05, 3.63) is 107 Å². The van der Waals surface area contributed by atoms with Crippen LogP contribution in [0.3, 0.4) is 0 Å². The summed E-state index contributed by atoms with van der Waals surface area (Å²) >= 11 is 1.42. The van der Waals surface area contributed by atoms with Gasteiger partial charge in [0, 0.05) is 18.2 Å². The van der Waals surface area contributed by atoms with Crippen molar-refractivity contribution in [1.29, 1.82) is 0 Å². The molecule has 0 saturated carbocycles. The summed E-state index contributed by atoms with van der Waals surface area (Å²) in [5, 5.41) is 11.9. The van der Waals surface area contributed by atoms with Crippen molar-refractivity contribution >= 4 is 52.6 Å². The quantitative estimate of drug-likeness (QED) is 0.190. The van der Waals surface area contributed by atoms with Gasteiger partial charge < -0.3 is 24.9 Å². The van der Waals surface area contributed by atoms with E-state index in [0.717, 1.165) is 11.1 Å². The van der Waals surface area contributed by atoms with E-state index in [1.165, 1.54) is 35.7 Å². The highest BCUT2D eigenvalue weighted by molar-refractivity contribution is 8.00. The Hall–Kier alpha value is -5.10.